The molecule has 6 heteroatoms. The van der Waals surface area contributed by atoms with Gasteiger partial charge in [-0.2, -0.15) is 13.2 Å². The van der Waals surface area contributed by atoms with Crippen LogP contribution in [0.4, 0.5) is 13.2 Å². The fourth-order valence-electron chi connectivity index (χ4n) is 1.48. The van der Waals surface area contributed by atoms with Gasteiger partial charge in [-0.25, -0.2) is 0 Å². The van der Waals surface area contributed by atoms with Crippen molar-refractivity contribution in [2.45, 2.75) is 43.8 Å². The molecular formula is C13H18F3NOS. The quantitative estimate of drug-likeness (QED) is 0.811. The van der Waals surface area contributed by atoms with E-state index in [-0.39, 0.29) is 11.5 Å². The number of halogens is 3. The Balaban J connectivity index is 2.90. The van der Waals surface area contributed by atoms with Crippen LogP contribution < -0.4 is 4.72 Å². The molecule has 0 fully saturated rings. The lowest BCUT2D eigenvalue weighted by atomic mass is 10.0. The summed E-state index contributed by atoms with van der Waals surface area (Å²) in [4.78, 5) is 0.143. The molecule has 1 aromatic carbocycles. The van der Waals surface area contributed by atoms with Crippen LogP contribution in [0, 0.1) is 6.92 Å². The Kier molecular flexibility index (Phi) is 5.29. The zero-order valence-electron chi connectivity index (χ0n) is 11.1. The summed E-state index contributed by atoms with van der Waals surface area (Å²) in [6.07, 6.45) is -3.90. The number of aliphatic hydroxyl groups excluding tert-OH is 1. The molecule has 0 saturated heterocycles. The molecule has 0 spiro atoms. The molecule has 0 aromatic heterocycles. The van der Waals surface area contributed by atoms with Crippen molar-refractivity contribution in [2.75, 3.05) is 6.61 Å². The average molecular weight is 293 g/mol. The Hall–Kier alpha value is -0.720. The van der Waals surface area contributed by atoms with Crippen molar-refractivity contribution in [3.63, 3.8) is 0 Å². The number of aryl methyl sites for hydroxylation is 1. The molecule has 0 saturated carbocycles. The van der Waals surface area contributed by atoms with Gasteiger partial charge in [0.15, 0.2) is 0 Å². The lowest BCUT2D eigenvalue weighted by Crippen LogP contribution is -2.35. The Morgan fingerprint density at radius 3 is 2.42 bits per heavy atom. The van der Waals surface area contributed by atoms with Gasteiger partial charge in [0.2, 0.25) is 0 Å². The van der Waals surface area contributed by atoms with Gasteiger partial charge in [-0.3, -0.25) is 4.72 Å². The minimum Gasteiger partial charge on any atom is -0.396 e. The highest BCUT2D eigenvalue weighted by molar-refractivity contribution is 7.97. The summed E-state index contributed by atoms with van der Waals surface area (Å²) in [6.45, 7) is 5.28. The summed E-state index contributed by atoms with van der Waals surface area (Å²) in [5.74, 6) is 0. The van der Waals surface area contributed by atoms with Crippen molar-refractivity contribution in [1.29, 1.82) is 0 Å². The molecule has 0 unspecified atom stereocenters. The summed E-state index contributed by atoms with van der Waals surface area (Å²) in [5, 5.41) is 8.89. The third-order valence-corrected chi connectivity index (χ3v) is 3.85. The highest BCUT2D eigenvalue weighted by Gasteiger charge is 2.34. The van der Waals surface area contributed by atoms with Gasteiger partial charge in [0, 0.05) is 17.0 Å². The maximum absolute atomic E-state index is 12.9. The maximum Gasteiger partial charge on any atom is 0.417 e. The van der Waals surface area contributed by atoms with E-state index in [1.165, 1.54) is 6.07 Å². The second kappa shape index (κ2) is 6.15. The minimum absolute atomic E-state index is 0.0133. The zero-order chi connectivity index (χ0) is 14.7. The van der Waals surface area contributed by atoms with Gasteiger partial charge in [-0.15, -0.1) is 0 Å². The molecule has 0 radical (unpaired) electrons. The molecule has 1 aromatic rings. The smallest absolute Gasteiger partial charge is 0.396 e. The molecule has 2 N–H and O–H groups in total. The number of rotatable bonds is 5. The molecule has 0 aliphatic rings. The summed E-state index contributed by atoms with van der Waals surface area (Å²) in [7, 11) is 0. The van der Waals surface area contributed by atoms with Crippen LogP contribution in [0.25, 0.3) is 0 Å². The first-order chi connectivity index (χ1) is 8.65. The summed E-state index contributed by atoms with van der Waals surface area (Å²) < 4.78 is 41.7. The fraction of sp³-hybridized carbons (Fsp3) is 0.538. The van der Waals surface area contributed by atoms with Gasteiger partial charge in [0.1, 0.15) is 0 Å². The summed E-state index contributed by atoms with van der Waals surface area (Å²) >= 11 is 0.948. The summed E-state index contributed by atoms with van der Waals surface area (Å²) in [6, 6.07) is 4.26. The van der Waals surface area contributed by atoms with Crippen LogP contribution in [-0.2, 0) is 6.18 Å². The first-order valence-corrected chi connectivity index (χ1v) is 6.70. The van der Waals surface area contributed by atoms with E-state index in [0.717, 1.165) is 18.0 Å². The third kappa shape index (κ3) is 5.04. The van der Waals surface area contributed by atoms with Gasteiger partial charge in [-0.1, -0.05) is 11.6 Å². The molecule has 0 heterocycles. The maximum atomic E-state index is 12.9. The Morgan fingerprint density at radius 1 is 1.26 bits per heavy atom. The van der Waals surface area contributed by atoms with Gasteiger partial charge in [0.25, 0.3) is 0 Å². The number of hydrogen-bond acceptors (Lipinski definition) is 3. The largest absolute Gasteiger partial charge is 0.417 e. The zero-order valence-corrected chi connectivity index (χ0v) is 12.0. The predicted molar refractivity (Wildman–Crippen MR) is 71.0 cm³/mol. The highest BCUT2D eigenvalue weighted by Crippen LogP contribution is 2.37. The second-order valence-corrected chi connectivity index (χ2v) is 5.91. The molecule has 0 aliphatic carbocycles. The number of benzene rings is 1. The van der Waals surface area contributed by atoms with E-state index in [2.05, 4.69) is 4.72 Å². The van der Waals surface area contributed by atoms with Gasteiger partial charge in [-0.05, 0) is 51.3 Å². The molecule has 108 valence electrons. The molecule has 2 nitrogen and oxygen atoms in total. The van der Waals surface area contributed by atoms with Crippen molar-refractivity contribution in [1.82, 2.24) is 4.72 Å². The van der Waals surface area contributed by atoms with E-state index in [9.17, 15) is 13.2 Å². The third-order valence-electron chi connectivity index (χ3n) is 2.61. The lowest BCUT2D eigenvalue weighted by molar-refractivity contribution is -0.139. The lowest BCUT2D eigenvalue weighted by Gasteiger charge is -2.25. The Labute approximate surface area is 115 Å². The van der Waals surface area contributed by atoms with Gasteiger partial charge >= 0.3 is 6.18 Å². The van der Waals surface area contributed by atoms with E-state index in [0.29, 0.717) is 12.0 Å². The Bertz CT molecular complexity index is 432. The summed E-state index contributed by atoms with van der Waals surface area (Å²) in [5.41, 5.74) is -0.497. The normalized spacial score (nSPS) is 12.8. The van der Waals surface area contributed by atoms with Crippen LogP contribution in [0.15, 0.2) is 23.1 Å². The van der Waals surface area contributed by atoms with Crippen LogP contribution >= 0.6 is 11.9 Å². The van der Waals surface area contributed by atoms with E-state index >= 15 is 0 Å². The van der Waals surface area contributed by atoms with E-state index in [1.54, 1.807) is 13.0 Å². The number of hydrogen-bond donors (Lipinski definition) is 2. The van der Waals surface area contributed by atoms with Crippen LogP contribution in [0.5, 0.6) is 0 Å². The van der Waals surface area contributed by atoms with Crippen molar-refractivity contribution in [3.8, 4) is 0 Å². The molecule has 0 atom stereocenters. The molecular weight excluding hydrogens is 275 g/mol. The topological polar surface area (TPSA) is 32.3 Å². The predicted octanol–water partition coefficient (Wildman–Crippen LogP) is 3.77. The van der Waals surface area contributed by atoms with Gasteiger partial charge < -0.3 is 5.11 Å². The van der Waals surface area contributed by atoms with Gasteiger partial charge in [0.05, 0.1) is 5.56 Å². The Morgan fingerprint density at radius 2 is 1.89 bits per heavy atom. The van der Waals surface area contributed by atoms with Crippen molar-refractivity contribution in [3.05, 3.63) is 29.3 Å². The number of aliphatic hydroxyl groups is 1. The molecule has 1 rings (SSSR count). The number of nitrogens with one attached hydrogen (secondary N) is 1. The van der Waals surface area contributed by atoms with Crippen LogP contribution in [0.3, 0.4) is 0 Å². The van der Waals surface area contributed by atoms with Crippen LogP contribution in [0.1, 0.15) is 31.4 Å². The second-order valence-electron chi connectivity index (χ2n) is 5.06. The van der Waals surface area contributed by atoms with E-state index in [1.807, 2.05) is 13.8 Å². The average Bonchev–Trinajstić information content (AvgIpc) is 2.26. The van der Waals surface area contributed by atoms with E-state index in [4.69, 9.17) is 5.11 Å². The van der Waals surface area contributed by atoms with Crippen LogP contribution in [-0.4, -0.2) is 17.3 Å². The SMILES string of the molecule is Cc1ccc(SNC(C)(C)CCO)c(C(F)(F)F)c1. The molecule has 0 amide bonds. The van der Waals surface area contributed by atoms with E-state index < -0.39 is 17.3 Å². The fourth-order valence-corrected chi connectivity index (χ4v) is 2.39. The van der Waals surface area contributed by atoms with Crippen LogP contribution in [0.2, 0.25) is 0 Å². The number of alkyl halides is 3. The first-order valence-electron chi connectivity index (χ1n) is 5.88. The monoisotopic (exact) mass is 293 g/mol. The molecule has 0 bridgehead atoms. The standard InChI is InChI=1S/C13H18F3NOS/c1-9-4-5-11(10(8-9)13(14,15)16)19-17-12(2,3)6-7-18/h4-5,8,17-18H,6-7H2,1-3H3. The van der Waals surface area contributed by atoms with Crippen molar-refractivity contribution in [2.24, 2.45) is 0 Å². The highest BCUT2D eigenvalue weighted by atomic mass is 32.2. The van der Waals surface area contributed by atoms with Crippen molar-refractivity contribution < 1.29 is 18.3 Å². The molecule has 0 aliphatic heterocycles. The molecule has 19 heavy (non-hydrogen) atoms. The minimum atomic E-state index is -4.36. The van der Waals surface area contributed by atoms with Crippen molar-refractivity contribution >= 4 is 11.9 Å². The first kappa shape index (κ1) is 16.3.